The van der Waals surface area contributed by atoms with Gasteiger partial charge in [-0.2, -0.15) is 0 Å². The summed E-state index contributed by atoms with van der Waals surface area (Å²) in [7, 11) is 1.65. The van der Waals surface area contributed by atoms with Gasteiger partial charge in [0.1, 0.15) is 18.1 Å². The summed E-state index contributed by atoms with van der Waals surface area (Å²) < 4.78 is 16.1. The van der Waals surface area contributed by atoms with Crippen LogP contribution < -0.4 is 14.2 Å². The molecule has 1 aromatic carbocycles. The van der Waals surface area contributed by atoms with Crippen LogP contribution in [0.4, 0.5) is 0 Å². The fraction of sp³-hybridized carbons (Fsp3) is 0.267. The lowest BCUT2D eigenvalue weighted by Crippen LogP contribution is -1.98. The zero-order chi connectivity index (χ0) is 13.5. The molecule has 0 aliphatic heterocycles. The Morgan fingerprint density at radius 2 is 1.79 bits per heavy atom. The highest BCUT2D eigenvalue weighted by atomic mass is 16.5. The van der Waals surface area contributed by atoms with Gasteiger partial charge < -0.3 is 14.2 Å². The van der Waals surface area contributed by atoms with Crippen molar-refractivity contribution < 1.29 is 14.2 Å². The Bertz CT molecular complexity index is 511. The van der Waals surface area contributed by atoms with Gasteiger partial charge in [-0.3, -0.25) is 0 Å². The van der Waals surface area contributed by atoms with E-state index in [-0.39, 0.29) is 0 Å². The number of aromatic nitrogens is 1. The largest absolute Gasteiger partial charge is 0.497 e. The second-order valence-electron chi connectivity index (χ2n) is 3.90. The number of rotatable bonds is 6. The summed E-state index contributed by atoms with van der Waals surface area (Å²) in [5.41, 5.74) is 1.06. The molecular weight excluding hydrogens is 242 g/mol. The van der Waals surface area contributed by atoms with Crippen molar-refractivity contribution in [3.05, 3.63) is 48.2 Å². The molecule has 0 aliphatic rings. The van der Waals surface area contributed by atoms with E-state index >= 15 is 0 Å². The first-order chi connectivity index (χ1) is 9.31. The van der Waals surface area contributed by atoms with Crippen LogP contribution in [0.5, 0.6) is 17.4 Å². The van der Waals surface area contributed by atoms with Gasteiger partial charge in [-0.25, -0.2) is 4.98 Å². The summed E-state index contributed by atoms with van der Waals surface area (Å²) in [5, 5.41) is 0. The lowest BCUT2D eigenvalue weighted by molar-refractivity contribution is 0.287. The second kappa shape index (κ2) is 6.64. The van der Waals surface area contributed by atoms with E-state index in [2.05, 4.69) is 4.98 Å². The molecule has 4 nitrogen and oxygen atoms in total. The zero-order valence-electron chi connectivity index (χ0n) is 11.1. The predicted molar refractivity (Wildman–Crippen MR) is 72.7 cm³/mol. The quantitative estimate of drug-likeness (QED) is 0.799. The lowest BCUT2D eigenvalue weighted by Gasteiger charge is -2.08. The highest BCUT2D eigenvalue weighted by Gasteiger charge is 2.00. The van der Waals surface area contributed by atoms with Crippen LogP contribution >= 0.6 is 0 Å². The standard InChI is InChI=1S/C15H17NO3/c1-3-18-14-8-9-16-15(10-14)19-11-12-4-6-13(17-2)7-5-12/h4-10H,3,11H2,1-2H3. The molecule has 100 valence electrons. The molecule has 0 aliphatic carbocycles. The van der Waals surface area contributed by atoms with Crippen LogP contribution in [0.2, 0.25) is 0 Å². The minimum absolute atomic E-state index is 0.465. The minimum Gasteiger partial charge on any atom is -0.497 e. The Kier molecular flexibility index (Phi) is 4.61. The number of ether oxygens (including phenoxy) is 3. The van der Waals surface area contributed by atoms with Gasteiger partial charge in [-0.15, -0.1) is 0 Å². The SMILES string of the molecule is CCOc1ccnc(OCc2ccc(OC)cc2)c1. The number of methoxy groups -OCH3 is 1. The third-order valence-electron chi connectivity index (χ3n) is 2.56. The predicted octanol–water partition coefficient (Wildman–Crippen LogP) is 3.07. The van der Waals surface area contributed by atoms with Crippen molar-refractivity contribution in [1.29, 1.82) is 0 Å². The van der Waals surface area contributed by atoms with Crippen LogP contribution in [0.25, 0.3) is 0 Å². The normalized spacial score (nSPS) is 10.0. The van der Waals surface area contributed by atoms with E-state index < -0.39 is 0 Å². The Balaban J connectivity index is 1.95. The van der Waals surface area contributed by atoms with Gasteiger partial charge in [0.15, 0.2) is 0 Å². The zero-order valence-corrected chi connectivity index (χ0v) is 11.1. The molecule has 2 aromatic rings. The topological polar surface area (TPSA) is 40.6 Å². The summed E-state index contributed by atoms with van der Waals surface area (Å²) in [6.07, 6.45) is 1.67. The van der Waals surface area contributed by atoms with Gasteiger partial charge in [0.2, 0.25) is 5.88 Å². The van der Waals surface area contributed by atoms with Crippen LogP contribution in [0.3, 0.4) is 0 Å². The third kappa shape index (κ3) is 3.88. The molecule has 0 fully saturated rings. The smallest absolute Gasteiger partial charge is 0.217 e. The van der Waals surface area contributed by atoms with Gasteiger partial charge in [-0.1, -0.05) is 12.1 Å². The molecule has 0 saturated carbocycles. The Morgan fingerprint density at radius 1 is 1.00 bits per heavy atom. The van der Waals surface area contributed by atoms with Crippen molar-refractivity contribution in [2.75, 3.05) is 13.7 Å². The van der Waals surface area contributed by atoms with Crippen LogP contribution in [0.1, 0.15) is 12.5 Å². The molecule has 0 spiro atoms. The van der Waals surface area contributed by atoms with Gasteiger partial charge in [-0.05, 0) is 30.7 Å². The maximum absolute atomic E-state index is 5.62. The van der Waals surface area contributed by atoms with Crippen molar-refractivity contribution in [2.24, 2.45) is 0 Å². The first kappa shape index (κ1) is 13.2. The van der Waals surface area contributed by atoms with Crippen molar-refractivity contribution in [2.45, 2.75) is 13.5 Å². The van der Waals surface area contributed by atoms with Gasteiger partial charge in [0.05, 0.1) is 13.7 Å². The van der Waals surface area contributed by atoms with Crippen LogP contribution in [0.15, 0.2) is 42.6 Å². The molecule has 1 aromatic heterocycles. The van der Waals surface area contributed by atoms with E-state index in [0.717, 1.165) is 17.1 Å². The summed E-state index contributed by atoms with van der Waals surface area (Å²) >= 11 is 0. The van der Waals surface area contributed by atoms with Crippen molar-refractivity contribution >= 4 is 0 Å². The molecule has 0 atom stereocenters. The highest BCUT2D eigenvalue weighted by molar-refractivity contribution is 5.28. The maximum atomic E-state index is 5.62. The van der Waals surface area contributed by atoms with Crippen LogP contribution in [0, 0.1) is 0 Å². The molecule has 0 saturated heterocycles. The van der Waals surface area contributed by atoms with Gasteiger partial charge in [0.25, 0.3) is 0 Å². The summed E-state index contributed by atoms with van der Waals surface area (Å²) in [6, 6.07) is 11.3. The average molecular weight is 259 g/mol. The van der Waals surface area contributed by atoms with E-state index in [0.29, 0.717) is 19.1 Å². The molecule has 2 rings (SSSR count). The van der Waals surface area contributed by atoms with Crippen LogP contribution in [-0.4, -0.2) is 18.7 Å². The third-order valence-corrected chi connectivity index (χ3v) is 2.56. The number of pyridine rings is 1. The molecule has 0 N–H and O–H groups in total. The number of benzene rings is 1. The van der Waals surface area contributed by atoms with E-state index in [1.165, 1.54) is 0 Å². The van der Waals surface area contributed by atoms with Crippen molar-refractivity contribution in [3.63, 3.8) is 0 Å². The Morgan fingerprint density at radius 3 is 2.47 bits per heavy atom. The summed E-state index contributed by atoms with van der Waals surface area (Å²) in [4.78, 5) is 4.14. The molecular formula is C15H17NO3. The summed E-state index contributed by atoms with van der Waals surface area (Å²) in [6.45, 7) is 3.03. The molecule has 19 heavy (non-hydrogen) atoms. The fourth-order valence-electron chi connectivity index (χ4n) is 1.61. The first-order valence-electron chi connectivity index (χ1n) is 6.16. The number of hydrogen-bond acceptors (Lipinski definition) is 4. The first-order valence-corrected chi connectivity index (χ1v) is 6.16. The Hall–Kier alpha value is -2.23. The molecule has 0 radical (unpaired) electrons. The van der Waals surface area contributed by atoms with E-state index in [4.69, 9.17) is 14.2 Å². The molecule has 4 heteroatoms. The highest BCUT2D eigenvalue weighted by Crippen LogP contribution is 2.18. The monoisotopic (exact) mass is 259 g/mol. The van der Waals surface area contributed by atoms with Gasteiger partial charge in [0, 0.05) is 12.3 Å². The van der Waals surface area contributed by atoms with Crippen molar-refractivity contribution in [1.82, 2.24) is 4.98 Å². The molecule has 0 amide bonds. The summed E-state index contributed by atoms with van der Waals surface area (Å²) in [5.74, 6) is 2.16. The number of hydrogen-bond donors (Lipinski definition) is 0. The average Bonchev–Trinajstić information content (AvgIpc) is 2.46. The van der Waals surface area contributed by atoms with Crippen LogP contribution in [-0.2, 0) is 6.61 Å². The number of nitrogens with zero attached hydrogens (tertiary/aromatic N) is 1. The second-order valence-corrected chi connectivity index (χ2v) is 3.90. The molecule has 1 heterocycles. The van der Waals surface area contributed by atoms with E-state index in [1.54, 1.807) is 19.4 Å². The van der Waals surface area contributed by atoms with E-state index in [1.807, 2.05) is 37.3 Å². The van der Waals surface area contributed by atoms with E-state index in [9.17, 15) is 0 Å². The lowest BCUT2D eigenvalue weighted by atomic mass is 10.2. The maximum Gasteiger partial charge on any atom is 0.217 e. The molecule has 0 unspecified atom stereocenters. The van der Waals surface area contributed by atoms with Gasteiger partial charge >= 0.3 is 0 Å². The molecule has 0 bridgehead atoms. The fourth-order valence-corrected chi connectivity index (χ4v) is 1.61. The minimum atomic E-state index is 0.465. The Labute approximate surface area is 113 Å². The van der Waals surface area contributed by atoms with Crippen molar-refractivity contribution in [3.8, 4) is 17.4 Å².